The average Bonchev–Trinajstić information content (AvgIpc) is 2.63. The quantitative estimate of drug-likeness (QED) is 0.487. The molecule has 2 aromatic rings. The molecule has 1 heterocycles. The Labute approximate surface area is 150 Å². The van der Waals surface area contributed by atoms with Crippen molar-refractivity contribution in [1.29, 1.82) is 0 Å². The number of hydrogen-bond acceptors (Lipinski definition) is 5. The van der Waals surface area contributed by atoms with Crippen molar-refractivity contribution in [2.24, 2.45) is 4.99 Å². The van der Waals surface area contributed by atoms with E-state index in [-0.39, 0.29) is 10.6 Å². The zero-order valence-corrected chi connectivity index (χ0v) is 14.3. The zero-order chi connectivity index (χ0) is 17.8. The van der Waals surface area contributed by atoms with Crippen molar-refractivity contribution in [1.82, 2.24) is 0 Å². The van der Waals surface area contributed by atoms with Gasteiger partial charge in [-0.05, 0) is 49.6 Å². The molecule has 0 aromatic heterocycles. The summed E-state index contributed by atoms with van der Waals surface area (Å²) in [5.74, 6) is -0.442. The molecule has 0 unspecified atom stereocenters. The number of rotatable bonds is 4. The van der Waals surface area contributed by atoms with Crippen molar-refractivity contribution in [2.45, 2.75) is 19.3 Å². The van der Waals surface area contributed by atoms with E-state index in [0.717, 1.165) is 19.2 Å². The summed E-state index contributed by atoms with van der Waals surface area (Å²) < 4.78 is 0. The first kappa shape index (κ1) is 17.2. The predicted octanol–water partition coefficient (Wildman–Crippen LogP) is 4.69. The van der Waals surface area contributed by atoms with Crippen LogP contribution in [0.15, 0.2) is 41.4 Å². The maximum Gasteiger partial charge on any atom is 0.312 e. The summed E-state index contributed by atoms with van der Waals surface area (Å²) in [6.45, 7) is 2.14. The van der Waals surface area contributed by atoms with Crippen LogP contribution in [-0.4, -0.2) is 29.3 Å². The molecule has 25 heavy (non-hydrogen) atoms. The van der Waals surface area contributed by atoms with E-state index in [1.807, 2.05) is 24.3 Å². The lowest BCUT2D eigenvalue weighted by Gasteiger charge is -2.28. The first-order valence-corrected chi connectivity index (χ1v) is 8.48. The molecule has 0 aliphatic carbocycles. The number of nitro benzene ring substituents is 1. The predicted molar refractivity (Wildman–Crippen MR) is 99.5 cm³/mol. The lowest BCUT2D eigenvalue weighted by atomic mass is 10.1. The molecule has 0 radical (unpaired) electrons. The molecule has 1 aliphatic rings. The van der Waals surface area contributed by atoms with Gasteiger partial charge in [-0.15, -0.1) is 0 Å². The minimum absolute atomic E-state index is 0.173. The molecule has 1 saturated heterocycles. The van der Waals surface area contributed by atoms with E-state index < -0.39 is 16.4 Å². The smallest absolute Gasteiger partial charge is 0.312 e. The molecule has 6 nitrogen and oxygen atoms in total. The van der Waals surface area contributed by atoms with E-state index in [4.69, 9.17) is 11.6 Å². The fourth-order valence-electron chi connectivity index (χ4n) is 2.89. The standard InChI is InChI=1S/C18H18ClN3O3/c19-14-10-13(18(23)17(11-14)22(24)25)12-20-15-4-6-16(7-5-15)21-8-2-1-3-9-21/h4-7,10-12,23H,1-3,8-9H2. The molecule has 1 fully saturated rings. The number of halogens is 1. The number of aromatic hydroxyl groups is 1. The lowest BCUT2D eigenvalue weighted by molar-refractivity contribution is -0.385. The summed E-state index contributed by atoms with van der Waals surface area (Å²) in [7, 11) is 0. The van der Waals surface area contributed by atoms with Crippen LogP contribution in [0.3, 0.4) is 0 Å². The molecule has 1 aliphatic heterocycles. The van der Waals surface area contributed by atoms with Crippen molar-refractivity contribution >= 4 is 34.9 Å². The molecule has 7 heteroatoms. The van der Waals surface area contributed by atoms with Gasteiger partial charge in [0.2, 0.25) is 5.75 Å². The molecular formula is C18H18ClN3O3. The Balaban J connectivity index is 1.79. The molecule has 1 N–H and O–H groups in total. The van der Waals surface area contributed by atoms with Gasteiger partial charge in [0, 0.05) is 41.6 Å². The van der Waals surface area contributed by atoms with Gasteiger partial charge >= 0.3 is 5.69 Å². The number of phenols is 1. The zero-order valence-electron chi connectivity index (χ0n) is 13.6. The summed E-state index contributed by atoms with van der Waals surface area (Å²) in [5.41, 5.74) is 1.64. The topological polar surface area (TPSA) is 79.0 Å². The van der Waals surface area contributed by atoms with Crippen LogP contribution in [0.5, 0.6) is 5.75 Å². The van der Waals surface area contributed by atoms with Crippen LogP contribution in [-0.2, 0) is 0 Å². The van der Waals surface area contributed by atoms with Crippen LogP contribution >= 0.6 is 11.6 Å². The second-order valence-corrected chi connectivity index (χ2v) is 6.38. The third kappa shape index (κ3) is 4.09. The summed E-state index contributed by atoms with van der Waals surface area (Å²) in [6, 6.07) is 10.3. The van der Waals surface area contributed by atoms with Gasteiger partial charge in [-0.1, -0.05) is 11.6 Å². The number of anilines is 1. The Kier molecular flexibility index (Phi) is 5.19. The van der Waals surface area contributed by atoms with E-state index in [9.17, 15) is 15.2 Å². The Morgan fingerprint density at radius 2 is 1.84 bits per heavy atom. The van der Waals surface area contributed by atoms with Crippen molar-refractivity contribution in [2.75, 3.05) is 18.0 Å². The Bertz CT molecular complexity index is 800. The number of aliphatic imine (C=N–C) groups is 1. The van der Waals surface area contributed by atoms with Crippen molar-refractivity contribution in [3.05, 3.63) is 57.1 Å². The SMILES string of the molecule is O=[N+]([O-])c1cc(Cl)cc(C=Nc2ccc(N3CCCCC3)cc2)c1O. The Morgan fingerprint density at radius 1 is 1.16 bits per heavy atom. The van der Waals surface area contributed by atoms with Crippen LogP contribution < -0.4 is 4.90 Å². The average molecular weight is 360 g/mol. The second kappa shape index (κ2) is 7.53. The normalized spacial score (nSPS) is 14.8. The molecule has 130 valence electrons. The first-order valence-electron chi connectivity index (χ1n) is 8.10. The van der Waals surface area contributed by atoms with Crippen LogP contribution in [0, 0.1) is 10.1 Å². The highest BCUT2D eigenvalue weighted by Crippen LogP contribution is 2.32. The number of hydrogen-bond donors (Lipinski definition) is 1. The van der Waals surface area contributed by atoms with Crippen LogP contribution in [0.2, 0.25) is 5.02 Å². The van der Waals surface area contributed by atoms with Gasteiger partial charge in [-0.2, -0.15) is 0 Å². The molecule has 2 aromatic carbocycles. The van der Waals surface area contributed by atoms with E-state index in [2.05, 4.69) is 9.89 Å². The maximum absolute atomic E-state index is 10.9. The van der Waals surface area contributed by atoms with E-state index >= 15 is 0 Å². The molecule has 0 saturated carbocycles. The highest BCUT2D eigenvalue weighted by atomic mass is 35.5. The van der Waals surface area contributed by atoms with Gasteiger partial charge in [0.15, 0.2) is 0 Å². The molecule has 3 rings (SSSR count). The number of nitrogens with zero attached hydrogens (tertiary/aromatic N) is 3. The summed E-state index contributed by atoms with van der Waals surface area (Å²) in [6.07, 6.45) is 5.09. The van der Waals surface area contributed by atoms with E-state index in [1.54, 1.807) is 0 Å². The van der Waals surface area contributed by atoms with Crippen LogP contribution in [0.4, 0.5) is 17.1 Å². The maximum atomic E-state index is 10.9. The molecule has 0 spiro atoms. The first-order chi connectivity index (χ1) is 12.0. The summed E-state index contributed by atoms with van der Waals surface area (Å²) in [4.78, 5) is 16.9. The summed E-state index contributed by atoms with van der Waals surface area (Å²) in [5, 5.41) is 21.1. The third-order valence-corrected chi connectivity index (χ3v) is 4.42. The number of nitro groups is 1. The van der Waals surface area contributed by atoms with E-state index in [1.165, 1.54) is 37.2 Å². The van der Waals surface area contributed by atoms with Gasteiger partial charge < -0.3 is 10.0 Å². The third-order valence-electron chi connectivity index (χ3n) is 4.20. The van der Waals surface area contributed by atoms with Crippen molar-refractivity contribution < 1.29 is 10.0 Å². The molecule has 0 bridgehead atoms. The number of phenolic OH excluding ortho intramolecular Hbond substituents is 1. The summed E-state index contributed by atoms with van der Waals surface area (Å²) >= 11 is 5.87. The van der Waals surface area contributed by atoms with Crippen molar-refractivity contribution in [3.63, 3.8) is 0 Å². The van der Waals surface area contributed by atoms with Gasteiger partial charge in [0.1, 0.15) is 0 Å². The monoisotopic (exact) mass is 359 g/mol. The van der Waals surface area contributed by atoms with Gasteiger partial charge in [0.25, 0.3) is 0 Å². The van der Waals surface area contributed by atoms with Crippen LogP contribution in [0.25, 0.3) is 0 Å². The van der Waals surface area contributed by atoms with Gasteiger partial charge in [0.05, 0.1) is 10.6 Å². The Morgan fingerprint density at radius 3 is 2.48 bits per heavy atom. The molecule has 0 atom stereocenters. The van der Waals surface area contributed by atoms with Gasteiger partial charge in [-0.25, -0.2) is 0 Å². The molecule has 0 amide bonds. The fourth-order valence-corrected chi connectivity index (χ4v) is 3.11. The molecular weight excluding hydrogens is 342 g/mol. The lowest BCUT2D eigenvalue weighted by Crippen LogP contribution is -2.29. The number of piperidine rings is 1. The largest absolute Gasteiger partial charge is 0.502 e. The van der Waals surface area contributed by atoms with Crippen molar-refractivity contribution in [3.8, 4) is 5.75 Å². The van der Waals surface area contributed by atoms with E-state index in [0.29, 0.717) is 5.69 Å². The van der Waals surface area contributed by atoms with Crippen LogP contribution in [0.1, 0.15) is 24.8 Å². The highest BCUT2D eigenvalue weighted by molar-refractivity contribution is 6.31. The minimum atomic E-state index is -0.675. The second-order valence-electron chi connectivity index (χ2n) is 5.94. The number of benzene rings is 2. The minimum Gasteiger partial charge on any atom is -0.502 e. The Hall–Kier alpha value is -2.60. The van der Waals surface area contributed by atoms with Gasteiger partial charge in [-0.3, -0.25) is 15.1 Å². The highest BCUT2D eigenvalue weighted by Gasteiger charge is 2.17. The fraction of sp³-hybridized carbons (Fsp3) is 0.278.